The number of nitrogens with one attached hydrogen (secondary N) is 1. The zero-order chi connectivity index (χ0) is 12.5. The van der Waals surface area contributed by atoms with Crippen LogP contribution in [0.1, 0.15) is 25.7 Å². The molecular formula is C11H16F3NO2. The lowest BCUT2D eigenvalue weighted by atomic mass is 9.80. The molecule has 3 nitrogen and oxygen atoms in total. The van der Waals surface area contributed by atoms with E-state index in [4.69, 9.17) is 4.74 Å². The molecule has 2 fully saturated rings. The first-order valence-electron chi connectivity index (χ1n) is 5.91. The first kappa shape index (κ1) is 12.7. The summed E-state index contributed by atoms with van der Waals surface area (Å²) in [6.07, 6.45) is -3.04. The second-order valence-corrected chi connectivity index (χ2v) is 4.85. The van der Waals surface area contributed by atoms with Crippen LogP contribution in [0.5, 0.6) is 0 Å². The standard InChI is InChI=1S/C11H16F3NO2/c12-11(13,14)8-3-1-2-7(4-8)10(16)15-9-5-17-6-9/h7-9H,1-6H2,(H,15,16). The Morgan fingerprint density at radius 2 is 1.94 bits per heavy atom. The molecule has 1 saturated carbocycles. The van der Waals surface area contributed by atoms with Crippen molar-refractivity contribution in [2.45, 2.75) is 37.9 Å². The number of ether oxygens (including phenoxy) is 1. The van der Waals surface area contributed by atoms with Crippen molar-refractivity contribution >= 4 is 5.91 Å². The van der Waals surface area contributed by atoms with E-state index in [1.807, 2.05) is 0 Å². The van der Waals surface area contributed by atoms with Gasteiger partial charge in [0.25, 0.3) is 0 Å². The Balaban J connectivity index is 1.85. The number of hydrogen-bond acceptors (Lipinski definition) is 2. The number of halogens is 3. The van der Waals surface area contributed by atoms with E-state index in [9.17, 15) is 18.0 Å². The van der Waals surface area contributed by atoms with E-state index in [1.165, 1.54) is 0 Å². The Morgan fingerprint density at radius 1 is 1.24 bits per heavy atom. The number of carbonyl (C=O) groups excluding carboxylic acids is 1. The number of rotatable bonds is 2. The van der Waals surface area contributed by atoms with E-state index < -0.39 is 18.0 Å². The summed E-state index contributed by atoms with van der Waals surface area (Å²) in [7, 11) is 0. The van der Waals surface area contributed by atoms with Crippen LogP contribution in [0.4, 0.5) is 13.2 Å². The van der Waals surface area contributed by atoms with E-state index in [1.54, 1.807) is 0 Å². The van der Waals surface area contributed by atoms with Gasteiger partial charge in [0.15, 0.2) is 0 Å². The number of carbonyl (C=O) groups is 1. The van der Waals surface area contributed by atoms with E-state index in [-0.39, 0.29) is 24.8 Å². The maximum absolute atomic E-state index is 12.6. The monoisotopic (exact) mass is 251 g/mol. The third kappa shape index (κ3) is 3.12. The smallest absolute Gasteiger partial charge is 0.377 e. The van der Waals surface area contributed by atoms with E-state index in [2.05, 4.69) is 5.32 Å². The van der Waals surface area contributed by atoms with Gasteiger partial charge in [-0.25, -0.2) is 0 Å². The molecule has 1 N–H and O–H groups in total. The highest BCUT2D eigenvalue weighted by molar-refractivity contribution is 5.79. The molecule has 0 aromatic carbocycles. The maximum atomic E-state index is 12.6. The van der Waals surface area contributed by atoms with Crippen LogP contribution in [0.3, 0.4) is 0 Å². The van der Waals surface area contributed by atoms with Gasteiger partial charge in [0.05, 0.1) is 25.2 Å². The summed E-state index contributed by atoms with van der Waals surface area (Å²) >= 11 is 0. The van der Waals surface area contributed by atoms with Crippen LogP contribution in [0.25, 0.3) is 0 Å². The number of hydrogen-bond donors (Lipinski definition) is 1. The van der Waals surface area contributed by atoms with E-state index >= 15 is 0 Å². The van der Waals surface area contributed by atoms with Crippen LogP contribution in [0.15, 0.2) is 0 Å². The van der Waals surface area contributed by atoms with Crippen molar-refractivity contribution in [2.75, 3.05) is 13.2 Å². The van der Waals surface area contributed by atoms with Crippen molar-refractivity contribution in [1.29, 1.82) is 0 Å². The Labute approximate surface area is 97.7 Å². The Hall–Kier alpha value is -0.780. The van der Waals surface area contributed by atoms with E-state index in [0.717, 1.165) is 0 Å². The molecule has 17 heavy (non-hydrogen) atoms. The second-order valence-electron chi connectivity index (χ2n) is 4.85. The summed E-state index contributed by atoms with van der Waals surface area (Å²) < 4.78 is 42.6. The second kappa shape index (κ2) is 4.84. The predicted octanol–water partition coefficient (Wildman–Crippen LogP) is 1.87. The summed E-state index contributed by atoms with van der Waals surface area (Å²) in [6.45, 7) is 0.947. The third-order valence-electron chi connectivity index (χ3n) is 3.49. The molecule has 2 aliphatic rings. The fourth-order valence-electron chi connectivity index (χ4n) is 2.36. The van der Waals surface area contributed by atoms with Crippen LogP contribution in [0.2, 0.25) is 0 Å². The van der Waals surface area contributed by atoms with Gasteiger partial charge in [-0.1, -0.05) is 6.42 Å². The highest BCUT2D eigenvalue weighted by Gasteiger charge is 2.43. The molecule has 1 aliphatic heterocycles. The highest BCUT2D eigenvalue weighted by atomic mass is 19.4. The molecule has 0 bridgehead atoms. The lowest BCUT2D eigenvalue weighted by Gasteiger charge is -2.32. The van der Waals surface area contributed by atoms with Crippen LogP contribution < -0.4 is 5.32 Å². The molecular weight excluding hydrogens is 235 g/mol. The van der Waals surface area contributed by atoms with Crippen LogP contribution >= 0.6 is 0 Å². The molecule has 2 rings (SSSR count). The lowest BCUT2D eigenvalue weighted by molar-refractivity contribution is -0.186. The molecule has 1 saturated heterocycles. The van der Waals surface area contributed by atoms with Crippen molar-refractivity contribution in [3.05, 3.63) is 0 Å². The average Bonchev–Trinajstić information content (AvgIpc) is 2.22. The zero-order valence-electron chi connectivity index (χ0n) is 9.43. The molecule has 0 spiro atoms. The summed E-state index contributed by atoms with van der Waals surface area (Å²) in [5, 5.41) is 2.73. The third-order valence-corrected chi connectivity index (χ3v) is 3.49. The van der Waals surface area contributed by atoms with Gasteiger partial charge in [-0.3, -0.25) is 4.79 Å². The minimum atomic E-state index is -4.17. The topological polar surface area (TPSA) is 38.3 Å². The van der Waals surface area contributed by atoms with Crippen LogP contribution in [-0.2, 0) is 9.53 Å². The van der Waals surface area contributed by atoms with Crippen molar-refractivity contribution in [1.82, 2.24) is 5.32 Å². The molecule has 1 heterocycles. The van der Waals surface area contributed by atoms with Gasteiger partial charge in [-0.15, -0.1) is 0 Å². The minimum Gasteiger partial charge on any atom is -0.377 e. The fraction of sp³-hybridized carbons (Fsp3) is 0.909. The largest absolute Gasteiger partial charge is 0.391 e. The van der Waals surface area contributed by atoms with Gasteiger partial charge in [0.1, 0.15) is 0 Å². The van der Waals surface area contributed by atoms with Crippen molar-refractivity contribution in [3.8, 4) is 0 Å². The molecule has 0 aromatic rings. The first-order chi connectivity index (χ1) is 7.97. The lowest BCUT2D eigenvalue weighted by Crippen LogP contribution is -2.51. The van der Waals surface area contributed by atoms with Gasteiger partial charge >= 0.3 is 6.18 Å². The minimum absolute atomic E-state index is 0.00577. The van der Waals surface area contributed by atoms with Gasteiger partial charge in [-0.05, 0) is 19.3 Å². The molecule has 6 heteroatoms. The molecule has 0 aromatic heterocycles. The summed E-state index contributed by atoms with van der Waals surface area (Å²) in [4.78, 5) is 11.7. The number of alkyl halides is 3. The molecule has 2 atom stereocenters. The van der Waals surface area contributed by atoms with Crippen molar-refractivity contribution in [2.24, 2.45) is 11.8 Å². The Kier molecular flexibility index (Phi) is 3.61. The van der Waals surface area contributed by atoms with Gasteiger partial charge < -0.3 is 10.1 Å². The van der Waals surface area contributed by atoms with E-state index in [0.29, 0.717) is 26.1 Å². The molecule has 0 radical (unpaired) electrons. The normalized spacial score (nSPS) is 30.8. The van der Waals surface area contributed by atoms with Gasteiger partial charge in [-0.2, -0.15) is 13.2 Å². The van der Waals surface area contributed by atoms with Gasteiger partial charge in [0.2, 0.25) is 5.91 Å². The average molecular weight is 251 g/mol. The summed E-state index contributed by atoms with van der Waals surface area (Å²) in [5.41, 5.74) is 0. The summed E-state index contributed by atoms with van der Waals surface area (Å²) in [5.74, 6) is -2.05. The SMILES string of the molecule is O=C(NC1COC1)C1CCCC(C(F)(F)F)C1. The quantitative estimate of drug-likeness (QED) is 0.813. The van der Waals surface area contributed by atoms with Crippen molar-refractivity contribution in [3.63, 3.8) is 0 Å². The first-order valence-corrected chi connectivity index (χ1v) is 5.91. The molecule has 2 unspecified atom stereocenters. The highest BCUT2D eigenvalue weighted by Crippen LogP contribution is 2.39. The van der Waals surface area contributed by atoms with Crippen LogP contribution in [-0.4, -0.2) is 31.3 Å². The fourth-order valence-corrected chi connectivity index (χ4v) is 2.36. The Morgan fingerprint density at radius 3 is 2.47 bits per heavy atom. The van der Waals surface area contributed by atoms with Crippen LogP contribution in [0, 0.1) is 11.8 Å². The zero-order valence-corrected chi connectivity index (χ0v) is 9.43. The Bertz CT molecular complexity index is 289. The summed E-state index contributed by atoms with van der Waals surface area (Å²) in [6, 6.07) is -0.00577. The van der Waals surface area contributed by atoms with Crippen molar-refractivity contribution < 1.29 is 22.7 Å². The molecule has 1 amide bonds. The maximum Gasteiger partial charge on any atom is 0.391 e. The molecule has 98 valence electrons. The number of amides is 1. The van der Waals surface area contributed by atoms with Gasteiger partial charge in [0, 0.05) is 5.92 Å². The molecule has 1 aliphatic carbocycles. The predicted molar refractivity (Wildman–Crippen MR) is 54.3 cm³/mol.